The zero-order valence-corrected chi connectivity index (χ0v) is 14.5. The molecular weight excluding hydrogens is 348 g/mol. The topological polar surface area (TPSA) is 70.7 Å². The van der Waals surface area contributed by atoms with E-state index in [2.05, 4.69) is 20.3 Å². The van der Waals surface area contributed by atoms with Crippen molar-refractivity contribution in [2.45, 2.75) is 6.42 Å². The number of anilines is 1. The molecule has 0 saturated heterocycles. The fourth-order valence-corrected chi connectivity index (χ4v) is 2.88. The van der Waals surface area contributed by atoms with E-state index in [-0.39, 0.29) is 12.3 Å². The SMILES string of the molecule is O=C(Cc1ccc(Cl)nc1)Nc1ccccc1-c1nc2ccccc2[nH]1. The summed E-state index contributed by atoms with van der Waals surface area (Å²) in [7, 11) is 0. The van der Waals surface area contributed by atoms with Gasteiger partial charge in [-0.1, -0.05) is 41.9 Å². The van der Waals surface area contributed by atoms with E-state index < -0.39 is 0 Å². The Labute approximate surface area is 155 Å². The summed E-state index contributed by atoms with van der Waals surface area (Å²) in [6, 6.07) is 18.9. The van der Waals surface area contributed by atoms with E-state index in [0.717, 1.165) is 28.0 Å². The van der Waals surface area contributed by atoms with Gasteiger partial charge in [0.15, 0.2) is 0 Å². The Hall–Kier alpha value is -3.18. The Kier molecular flexibility index (Phi) is 4.37. The van der Waals surface area contributed by atoms with Crippen molar-refractivity contribution >= 4 is 34.2 Å². The van der Waals surface area contributed by atoms with Gasteiger partial charge >= 0.3 is 0 Å². The predicted molar refractivity (Wildman–Crippen MR) is 103 cm³/mol. The molecule has 4 rings (SSSR count). The quantitative estimate of drug-likeness (QED) is 0.526. The van der Waals surface area contributed by atoms with Crippen LogP contribution in [0.1, 0.15) is 5.56 Å². The molecule has 2 heterocycles. The van der Waals surface area contributed by atoms with Crippen LogP contribution in [0.2, 0.25) is 5.15 Å². The van der Waals surface area contributed by atoms with Crippen LogP contribution in [0.15, 0.2) is 66.9 Å². The number of hydrogen-bond donors (Lipinski definition) is 2. The van der Waals surface area contributed by atoms with E-state index in [9.17, 15) is 4.79 Å². The molecule has 5 nitrogen and oxygen atoms in total. The van der Waals surface area contributed by atoms with Gasteiger partial charge in [0.05, 0.1) is 23.1 Å². The first kappa shape index (κ1) is 16.3. The second kappa shape index (κ2) is 6.98. The van der Waals surface area contributed by atoms with E-state index in [4.69, 9.17) is 11.6 Å². The lowest BCUT2D eigenvalue weighted by Crippen LogP contribution is -2.15. The van der Waals surface area contributed by atoms with E-state index in [0.29, 0.717) is 10.8 Å². The highest BCUT2D eigenvalue weighted by molar-refractivity contribution is 6.29. The maximum atomic E-state index is 12.4. The number of carbonyl (C=O) groups is 1. The Morgan fingerprint density at radius 2 is 1.85 bits per heavy atom. The normalized spacial score (nSPS) is 10.8. The van der Waals surface area contributed by atoms with Gasteiger partial charge in [-0.25, -0.2) is 9.97 Å². The highest BCUT2D eigenvalue weighted by atomic mass is 35.5. The number of rotatable bonds is 4. The molecule has 0 aliphatic heterocycles. The van der Waals surface area contributed by atoms with Crippen molar-refractivity contribution in [2.75, 3.05) is 5.32 Å². The summed E-state index contributed by atoms with van der Waals surface area (Å²) in [5.41, 5.74) is 4.18. The minimum absolute atomic E-state index is 0.127. The van der Waals surface area contributed by atoms with Gasteiger partial charge in [-0.05, 0) is 35.9 Å². The number of hydrogen-bond acceptors (Lipinski definition) is 3. The van der Waals surface area contributed by atoms with Crippen molar-refractivity contribution in [3.8, 4) is 11.4 Å². The lowest BCUT2D eigenvalue weighted by atomic mass is 10.1. The Morgan fingerprint density at radius 3 is 2.65 bits per heavy atom. The number of nitrogens with zero attached hydrogens (tertiary/aromatic N) is 2. The van der Waals surface area contributed by atoms with Crippen LogP contribution in [0.5, 0.6) is 0 Å². The van der Waals surface area contributed by atoms with Gasteiger partial charge in [0.2, 0.25) is 5.91 Å². The van der Waals surface area contributed by atoms with E-state index in [1.54, 1.807) is 18.3 Å². The summed E-state index contributed by atoms with van der Waals surface area (Å²) in [5, 5.41) is 3.36. The molecule has 128 valence electrons. The first-order valence-electron chi connectivity index (χ1n) is 8.13. The molecular formula is C20H15ClN4O. The number of para-hydroxylation sites is 3. The third-order valence-electron chi connectivity index (χ3n) is 4.00. The zero-order chi connectivity index (χ0) is 17.9. The standard InChI is InChI=1S/C20H15ClN4O/c21-18-10-9-13(12-22-18)11-19(26)23-15-6-2-1-5-14(15)20-24-16-7-3-4-8-17(16)25-20/h1-10,12H,11H2,(H,23,26)(H,24,25). The number of pyridine rings is 1. The Morgan fingerprint density at radius 1 is 1.04 bits per heavy atom. The Balaban J connectivity index is 1.59. The monoisotopic (exact) mass is 362 g/mol. The van der Waals surface area contributed by atoms with Gasteiger partial charge in [0.25, 0.3) is 0 Å². The van der Waals surface area contributed by atoms with Crippen LogP contribution in [0.4, 0.5) is 5.69 Å². The summed E-state index contributed by atoms with van der Waals surface area (Å²) < 4.78 is 0. The van der Waals surface area contributed by atoms with Crippen LogP contribution in [0, 0.1) is 0 Å². The molecule has 26 heavy (non-hydrogen) atoms. The maximum Gasteiger partial charge on any atom is 0.228 e. The first-order chi connectivity index (χ1) is 12.7. The molecule has 0 spiro atoms. The second-order valence-corrected chi connectivity index (χ2v) is 6.25. The fourth-order valence-electron chi connectivity index (χ4n) is 2.77. The van der Waals surface area contributed by atoms with Gasteiger partial charge < -0.3 is 10.3 Å². The molecule has 2 aromatic heterocycles. The summed E-state index contributed by atoms with van der Waals surface area (Å²) in [4.78, 5) is 24.3. The van der Waals surface area contributed by atoms with Crippen LogP contribution in [-0.2, 0) is 11.2 Å². The number of amides is 1. The lowest BCUT2D eigenvalue weighted by molar-refractivity contribution is -0.115. The third kappa shape index (κ3) is 3.43. The van der Waals surface area contributed by atoms with Crippen LogP contribution >= 0.6 is 11.6 Å². The highest BCUT2D eigenvalue weighted by Gasteiger charge is 2.12. The van der Waals surface area contributed by atoms with Crippen molar-refractivity contribution in [3.05, 3.63) is 77.6 Å². The number of carbonyl (C=O) groups excluding carboxylic acids is 1. The average molecular weight is 363 g/mol. The molecule has 0 fully saturated rings. The average Bonchev–Trinajstić information content (AvgIpc) is 3.08. The van der Waals surface area contributed by atoms with Gasteiger partial charge in [0, 0.05) is 11.8 Å². The largest absolute Gasteiger partial charge is 0.338 e. The molecule has 0 aliphatic rings. The molecule has 0 saturated carbocycles. The van der Waals surface area contributed by atoms with Crippen molar-refractivity contribution in [2.24, 2.45) is 0 Å². The van der Waals surface area contributed by atoms with Crippen LogP contribution in [0.3, 0.4) is 0 Å². The van der Waals surface area contributed by atoms with Gasteiger partial charge in [-0.2, -0.15) is 0 Å². The molecule has 0 unspecified atom stereocenters. The number of H-pyrrole nitrogens is 1. The van der Waals surface area contributed by atoms with Crippen LogP contribution in [0.25, 0.3) is 22.4 Å². The number of benzene rings is 2. The molecule has 0 aliphatic carbocycles. The molecule has 0 radical (unpaired) electrons. The van der Waals surface area contributed by atoms with Gasteiger partial charge in [-0.3, -0.25) is 4.79 Å². The fraction of sp³-hybridized carbons (Fsp3) is 0.0500. The van der Waals surface area contributed by atoms with Crippen molar-refractivity contribution in [1.82, 2.24) is 15.0 Å². The highest BCUT2D eigenvalue weighted by Crippen LogP contribution is 2.27. The minimum Gasteiger partial charge on any atom is -0.338 e. The van der Waals surface area contributed by atoms with E-state index in [1.807, 2.05) is 48.5 Å². The molecule has 1 amide bonds. The molecule has 4 aromatic rings. The molecule has 6 heteroatoms. The zero-order valence-electron chi connectivity index (χ0n) is 13.7. The molecule has 0 bridgehead atoms. The number of halogens is 1. The summed E-state index contributed by atoms with van der Waals surface area (Å²) >= 11 is 5.78. The van der Waals surface area contributed by atoms with Gasteiger partial charge in [0.1, 0.15) is 11.0 Å². The summed E-state index contributed by atoms with van der Waals surface area (Å²) in [5.74, 6) is 0.591. The number of aromatic nitrogens is 3. The van der Waals surface area contributed by atoms with Crippen molar-refractivity contribution in [3.63, 3.8) is 0 Å². The smallest absolute Gasteiger partial charge is 0.228 e. The molecule has 2 N–H and O–H groups in total. The number of imidazole rings is 1. The minimum atomic E-state index is -0.127. The van der Waals surface area contributed by atoms with E-state index >= 15 is 0 Å². The van der Waals surface area contributed by atoms with E-state index in [1.165, 1.54) is 0 Å². The maximum absolute atomic E-state index is 12.4. The molecule has 2 aromatic carbocycles. The summed E-state index contributed by atoms with van der Waals surface area (Å²) in [6.07, 6.45) is 1.83. The second-order valence-electron chi connectivity index (χ2n) is 5.86. The van der Waals surface area contributed by atoms with Crippen LogP contribution < -0.4 is 5.32 Å². The number of aromatic amines is 1. The Bertz CT molecular complexity index is 1040. The molecule has 0 atom stereocenters. The van der Waals surface area contributed by atoms with Crippen LogP contribution in [-0.4, -0.2) is 20.9 Å². The van der Waals surface area contributed by atoms with Crippen molar-refractivity contribution in [1.29, 1.82) is 0 Å². The third-order valence-corrected chi connectivity index (χ3v) is 4.22. The lowest BCUT2D eigenvalue weighted by Gasteiger charge is -2.09. The summed E-state index contributed by atoms with van der Waals surface area (Å²) in [6.45, 7) is 0. The van der Waals surface area contributed by atoms with Crippen molar-refractivity contribution < 1.29 is 4.79 Å². The number of nitrogens with one attached hydrogen (secondary N) is 2. The predicted octanol–water partition coefficient (Wildman–Crippen LogP) is 4.46. The number of fused-ring (bicyclic) bond motifs is 1. The van der Waals surface area contributed by atoms with Gasteiger partial charge in [-0.15, -0.1) is 0 Å². The first-order valence-corrected chi connectivity index (χ1v) is 8.51.